The number of phenols is 1. The number of rotatable bonds is 6. The number of fused-ring (bicyclic) bond motifs is 3. The van der Waals surface area contributed by atoms with Gasteiger partial charge in [0.05, 0.1) is 11.6 Å². The van der Waals surface area contributed by atoms with Crippen LogP contribution in [0.15, 0.2) is 23.0 Å². The van der Waals surface area contributed by atoms with Crippen molar-refractivity contribution >= 4 is 34.8 Å². The van der Waals surface area contributed by atoms with E-state index in [0.717, 1.165) is 13.0 Å². The fraction of sp³-hybridized carbons (Fsp3) is 0.536. The lowest BCUT2D eigenvalue weighted by molar-refractivity contribution is -0.153. The molecule has 1 unspecified atom stereocenters. The summed E-state index contributed by atoms with van der Waals surface area (Å²) in [5.41, 5.74) is 2.62. The number of carbonyl (C=O) groups excluding carboxylic acids is 3. The molecule has 6 atom stereocenters. The Labute approximate surface area is 241 Å². The summed E-state index contributed by atoms with van der Waals surface area (Å²) in [5.74, 6) is -7.00. The lowest BCUT2D eigenvalue weighted by Gasteiger charge is -2.50. The fourth-order valence-corrected chi connectivity index (χ4v) is 7.44. The molecule has 1 heterocycles. The monoisotopic (exact) mass is 590 g/mol. The summed E-state index contributed by atoms with van der Waals surface area (Å²) in [6.45, 7) is 3.47. The van der Waals surface area contributed by atoms with Crippen LogP contribution >= 0.6 is 11.6 Å². The van der Waals surface area contributed by atoms with Crippen molar-refractivity contribution in [3.05, 3.63) is 44.7 Å². The van der Waals surface area contributed by atoms with E-state index in [1.54, 1.807) is 21.0 Å². The first-order valence-electron chi connectivity index (χ1n) is 13.5. The molecular weight excluding hydrogens is 556 g/mol. The second-order valence-electron chi connectivity index (χ2n) is 11.7. The van der Waals surface area contributed by atoms with Crippen molar-refractivity contribution in [1.29, 1.82) is 0 Å². The molecule has 0 radical (unpaired) electrons. The first-order valence-corrected chi connectivity index (χ1v) is 13.9. The number of ketones is 2. The van der Waals surface area contributed by atoms with Gasteiger partial charge >= 0.3 is 0 Å². The maximum atomic E-state index is 13.9. The summed E-state index contributed by atoms with van der Waals surface area (Å²) in [4.78, 5) is 42.8. The molecular formula is C28H35ClN4O8. The van der Waals surface area contributed by atoms with Crippen molar-refractivity contribution < 1.29 is 39.9 Å². The molecule has 1 amide bonds. The Hall–Kier alpha value is -3.00. The molecule has 13 heteroatoms. The Morgan fingerprint density at radius 2 is 1.98 bits per heavy atom. The number of hydrogen-bond acceptors (Lipinski definition) is 11. The zero-order valence-electron chi connectivity index (χ0n) is 23.0. The van der Waals surface area contributed by atoms with Crippen LogP contribution in [-0.2, 0) is 27.3 Å². The summed E-state index contributed by atoms with van der Waals surface area (Å²) in [7, 11) is 3.10. The van der Waals surface area contributed by atoms with Gasteiger partial charge in [0, 0.05) is 42.2 Å². The van der Waals surface area contributed by atoms with E-state index in [-0.39, 0.29) is 35.8 Å². The standard InChI is InChI=1S/C28H35ClN4O8/c1-11(34)31-14-4-5-33(10-14)9-13-8-17(35)19-15(21(13)29)6-12-7-16-22(32(2)3)24(37)20(27(30)40)26(39)28(16,41)25(38)18(12)23(19)36/h8,11-12,14,16,22,31,34-36,39,41H,4-7,9-10H2,1-3H3,(H2,30,40)/t11?,12-,14+,16-,22-,28-/m0/s1. The van der Waals surface area contributed by atoms with E-state index in [9.17, 15) is 39.9 Å². The Bertz CT molecular complexity index is 1410. The number of nitrogens with one attached hydrogen (secondary N) is 1. The molecule has 0 bridgehead atoms. The van der Waals surface area contributed by atoms with Crippen LogP contribution < -0.4 is 11.1 Å². The average Bonchev–Trinajstić information content (AvgIpc) is 3.29. The largest absolute Gasteiger partial charge is 0.508 e. The van der Waals surface area contributed by atoms with Crippen molar-refractivity contribution in [2.24, 2.45) is 17.6 Å². The minimum absolute atomic E-state index is 0.00804. The lowest BCUT2D eigenvalue weighted by atomic mass is 9.57. The number of nitrogens with zero attached hydrogens (tertiary/aromatic N) is 2. The molecule has 1 saturated heterocycles. The van der Waals surface area contributed by atoms with Crippen molar-refractivity contribution in [3.63, 3.8) is 0 Å². The number of carbonyl (C=O) groups is 3. The molecule has 222 valence electrons. The molecule has 1 aromatic carbocycles. The minimum Gasteiger partial charge on any atom is -0.508 e. The zero-order valence-corrected chi connectivity index (χ0v) is 23.8. The smallest absolute Gasteiger partial charge is 0.255 e. The van der Waals surface area contributed by atoms with Gasteiger partial charge in [-0.15, -0.1) is 0 Å². The number of halogens is 1. The maximum Gasteiger partial charge on any atom is 0.255 e. The van der Waals surface area contributed by atoms with Gasteiger partial charge in [-0.25, -0.2) is 0 Å². The number of likely N-dealkylation sites (N-methyl/N-ethyl adjacent to an activating group) is 1. The van der Waals surface area contributed by atoms with Gasteiger partial charge in [-0.05, 0) is 63.4 Å². The molecule has 1 saturated carbocycles. The average molecular weight is 591 g/mol. The van der Waals surface area contributed by atoms with E-state index in [4.69, 9.17) is 17.3 Å². The summed E-state index contributed by atoms with van der Waals surface area (Å²) in [6, 6.07) is 0.383. The number of phenolic OH excluding ortho intramolecular Hbond substituents is 1. The number of aliphatic hydroxyl groups excluding tert-OH is 3. The van der Waals surface area contributed by atoms with Gasteiger partial charge < -0.3 is 31.3 Å². The third-order valence-corrected chi connectivity index (χ3v) is 9.34. The minimum atomic E-state index is -2.68. The number of likely N-dealkylation sites (tertiary alicyclic amines) is 1. The van der Waals surface area contributed by atoms with E-state index in [1.807, 2.05) is 0 Å². The highest BCUT2D eigenvalue weighted by Crippen LogP contribution is 2.53. The van der Waals surface area contributed by atoms with Crippen LogP contribution in [0.3, 0.4) is 0 Å². The first kappa shape index (κ1) is 29.5. The Kier molecular flexibility index (Phi) is 7.46. The van der Waals surface area contributed by atoms with Crippen LogP contribution in [0.1, 0.15) is 36.5 Å². The van der Waals surface area contributed by atoms with Crippen LogP contribution in [0, 0.1) is 11.8 Å². The molecule has 0 spiro atoms. The fourth-order valence-electron chi connectivity index (χ4n) is 7.16. The predicted octanol–water partition coefficient (Wildman–Crippen LogP) is 0.120. The lowest BCUT2D eigenvalue weighted by Crippen LogP contribution is -2.65. The number of nitrogens with two attached hydrogens (primary N) is 1. The highest BCUT2D eigenvalue weighted by molar-refractivity contribution is 6.32. The summed E-state index contributed by atoms with van der Waals surface area (Å²) >= 11 is 6.85. The van der Waals surface area contributed by atoms with E-state index in [0.29, 0.717) is 29.2 Å². The quantitative estimate of drug-likeness (QED) is 0.175. The third-order valence-electron chi connectivity index (χ3n) is 8.87. The molecule has 4 aliphatic rings. The molecule has 2 fully saturated rings. The van der Waals surface area contributed by atoms with E-state index >= 15 is 0 Å². The molecule has 8 N–H and O–H groups in total. The van der Waals surface area contributed by atoms with Crippen molar-refractivity contribution in [3.8, 4) is 5.75 Å². The van der Waals surface area contributed by atoms with Gasteiger partial charge in [-0.3, -0.25) is 29.5 Å². The number of hydrogen-bond donors (Lipinski definition) is 7. The molecule has 1 aliphatic heterocycles. The Balaban J connectivity index is 1.56. The highest BCUT2D eigenvalue weighted by atomic mass is 35.5. The Morgan fingerprint density at radius 1 is 1.29 bits per heavy atom. The maximum absolute atomic E-state index is 13.9. The number of primary amides is 1. The van der Waals surface area contributed by atoms with E-state index in [2.05, 4.69) is 10.2 Å². The van der Waals surface area contributed by atoms with Crippen LogP contribution in [0.5, 0.6) is 5.75 Å². The van der Waals surface area contributed by atoms with E-state index < -0.39 is 64.3 Å². The second-order valence-corrected chi connectivity index (χ2v) is 12.1. The third kappa shape index (κ3) is 4.53. The van der Waals surface area contributed by atoms with Crippen molar-refractivity contribution in [2.75, 3.05) is 27.2 Å². The molecule has 12 nitrogen and oxygen atoms in total. The second kappa shape index (κ2) is 10.4. The van der Waals surface area contributed by atoms with Crippen LogP contribution in [0.4, 0.5) is 0 Å². The van der Waals surface area contributed by atoms with Gasteiger partial charge in [-0.1, -0.05) is 11.6 Å². The molecule has 0 aromatic heterocycles. The van der Waals surface area contributed by atoms with Crippen molar-refractivity contribution in [1.82, 2.24) is 15.1 Å². The van der Waals surface area contributed by atoms with Gasteiger partial charge in [0.2, 0.25) is 5.78 Å². The van der Waals surface area contributed by atoms with Crippen LogP contribution in [-0.4, -0.2) is 104 Å². The number of aliphatic hydroxyl groups is 4. The number of amides is 1. The van der Waals surface area contributed by atoms with Gasteiger partial charge in [-0.2, -0.15) is 0 Å². The summed E-state index contributed by atoms with van der Waals surface area (Å²) in [6.07, 6.45) is 0.306. The van der Waals surface area contributed by atoms with Gasteiger partial charge in [0.25, 0.3) is 5.91 Å². The number of Topliss-reactive ketones (excluding diaryl/α,β-unsaturated/α-hetero) is 2. The highest BCUT2D eigenvalue weighted by Gasteiger charge is 2.64. The predicted molar refractivity (Wildman–Crippen MR) is 148 cm³/mol. The van der Waals surface area contributed by atoms with Crippen molar-refractivity contribution in [2.45, 2.75) is 56.6 Å². The van der Waals surface area contributed by atoms with Gasteiger partial charge in [0.15, 0.2) is 11.4 Å². The SMILES string of the molecule is CC(O)N[C@@H]1CCN(Cc2cc(O)c3c(c2Cl)C[C@H]2C[C@H]4[C@H](N(C)C)C(=O)C(C(N)=O)=C(O)[C@@]4(O)C(=O)C2=C3O)C1. The number of benzene rings is 1. The zero-order chi connectivity index (χ0) is 30.1. The molecule has 5 rings (SSSR count). The molecule has 41 heavy (non-hydrogen) atoms. The number of aromatic hydroxyl groups is 1. The summed E-state index contributed by atoms with van der Waals surface area (Å²) in [5, 5.41) is 58.0. The van der Waals surface area contributed by atoms with Crippen LogP contribution in [0.2, 0.25) is 5.02 Å². The Morgan fingerprint density at radius 3 is 2.59 bits per heavy atom. The first-order chi connectivity index (χ1) is 19.2. The summed E-state index contributed by atoms with van der Waals surface area (Å²) < 4.78 is 0. The topological polar surface area (TPSA) is 197 Å². The van der Waals surface area contributed by atoms with Gasteiger partial charge in [0.1, 0.15) is 29.1 Å². The normalized spacial score (nSPS) is 30.9. The van der Waals surface area contributed by atoms with E-state index in [1.165, 1.54) is 11.0 Å². The molecule has 3 aliphatic carbocycles. The van der Waals surface area contributed by atoms with Crippen LogP contribution in [0.25, 0.3) is 5.76 Å². The molecule has 1 aromatic rings.